The summed E-state index contributed by atoms with van der Waals surface area (Å²) in [6, 6.07) is -1.56. The predicted octanol–water partition coefficient (Wildman–Crippen LogP) is -1.35. The molecule has 2 rings (SSSR count). The van der Waals surface area contributed by atoms with Crippen LogP contribution in [0.5, 0.6) is 0 Å². The Labute approximate surface area is 262 Å². The van der Waals surface area contributed by atoms with Crippen LogP contribution in [0.25, 0.3) is 0 Å². The van der Waals surface area contributed by atoms with Crippen LogP contribution < -0.4 is 5.32 Å². The van der Waals surface area contributed by atoms with Gasteiger partial charge in [0.1, 0.15) is 24.9 Å². The van der Waals surface area contributed by atoms with Crippen molar-refractivity contribution in [1.82, 2.24) is 5.32 Å². The summed E-state index contributed by atoms with van der Waals surface area (Å²) in [4.78, 5) is 97.1. The van der Waals surface area contributed by atoms with Crippen molar-refractivity contribution in [3.8, 4) is 0 Å². The molecule has 0 aromatic rings. The van der Waals surface area contributed by atoms with E-state index in [2.05, 4.69) is 5.32 Å². The van der Waals surface area contributed by atoms with E-state index in [0.717, 1.165) is 55.4 Å². The third-order valence-electron chi connectivity index (χ3n) is 6.36. The molecule has 2 N–H and O–H groups in total. The monoisotopic (exact) mass is 663 g/mol. The molecule has 0 aromatic carbocycles. The van der Waals surface area contributed by atoms with Crippen molar-refractivity contribution in [1.29, 1.82) is 0 Å². The maximum absolute atomic E-state index is 12.4. The largest absolute Gasteiger partial charge is 0.479 e. The number of carboxylic acids is 1. The predicted molar refractivity (Wildman–Crippen MR) is 143 cm³/mol. The van der Waals surface area contributed by atoms with Crippen LogP contribution in [0.15, 0.2) is 0 Å². The Morgan fingerprint density at radius 3 is 1.63 bits per heavy atom. The zero-order valence-electron chi connectivity index (χ0n) is 26.3. The highest BCUT2D eigenvalue weighted by atomic mass is 16.8. The maximum Gasteiger partial charge on any atom is 0.337 e. The summed E-state index contributed by atoms with van der Waals surface area (Å²) in [5, 5.41) is 12.5. The van der Waals surface area contributed by atoms with E-state index in [1.54, 1.807) is 0 Å². The first-order chi connectivity index (χ1) is 21.2. The van der Waals surface area contributed by atoms with Gasteiger partial charge in [-0.05, 0) is 6.92 Å². The lowest BCUT2D eigenvalue weighted by Crippen LogP contribution is -2.73. The SMILES string of the molecule is CC(=O)N[C@H]1C(OC(C)=O)O[C@H](COC(C)=O)[C@H](OC(C)=O)[C@@H]1O[C@]1(C)O[C@H](C(=O)O)[C@@H](OC(C)=O)[C@H](OC(C)=O)[C@H]1OC(C)=O. The summed E-state index contributed by atoms with van der Waals surface area (Å²) in [7, 11) is 0. The van der Waals surface area contributed by atoms with Gasteiger partial charge in [-0.2, -0.15) is 0 Å². The Bertz CT molecular complexity index is 1220. The fourth-order valence-corrected chi connectivity index (χ4v) is 4.94. The standard InChI is InChI=1S/C27H37NO18/c1-10(29)28-18-20(19(39-12(3)31)17(9-38-11(2)30)44-26(18)43-16(7)35)45-27(8)24(42-15(6)34)22(41-14(5)33)21(40-13(4)32)23(46-27)25(36)37/h17-24,26H,9H2,1-8H3,(H,28,29)(H,36,37)/t17-,18-,19+,20-,21+,22+,23+,24-,26?,27-/m1/s1. The minimum Gasteiger partial charge on any atom is -0.479 e. The number of ether oxygens (including phenoxy) is 9. The molecule has 2 fully saturated rings. The molecular formula is C27H37NO18. The fourth-order valence-electron chi connectivity index (χ4n) is 4.94. The van der Waals surface area contributed by atoms with Crippen LogP contribution >= 0.6 is 0 Å². The highest BCUT2D eigenvalue weighted by Crippen LogP contribution is 2.40. The lowest BCUT2D eigenvalue weighted by atomic mass is 9.90. The van der Waals surface area contributed by atoms with Crippen molar-refractivity contribution in [3.63, 3.8) is 0 Å². The Kier molecular flexibility index (Phi) is 13.0. The number of esters is 6. The Morgan fingerprint density at radius 2 is 1.17 bits per heavy atom. The van der Waals surface area contributed by atoms with E-state index in [9.17, 15) is 43.5 Å². The number of carboxylic acid groups (broad SMARTS) is 1. The molecular weight excluding hydrogens is 626 g/mol. The second-order valence-electron chi connectivity index (χ2n) is 10.4. The van der Waals surface area contributed by atoms with Crippen LogP contribution in [0.2, 0.25) is 0 Å². The van der Waals surface area contributed by atoms with Gasteiger partial charge in [-0.25, -0.2) is 4.79 Å². The van der Waals surface area contributed by atoms with E-state index >= 15 is 0 Å². The second kappa shape index (κ2) is 15.8. The fraction of sp³-hybridized carbons (Fsp3) is 0.704. The molecule has 2 aliphatic heterocycles. The smallest absolute Gasteiger partial charge is 0.337 e. The van der Waals surface area contributed by atoms with Crippen molar-refractivity contribution in [2.75, 3.05) is 6.61 Å². The van der Waals surface area contributed by atoms with Crippen molar-refractivity contribution >= 4 is 47.7 Å². The third-order valence-corrected chi connectivity index (χ3v) is 6.36. The van der Waals surface area contributed by atoms with Gasteiger partial charge in [-0.3, -0.25) is 33.6 Å². The molecule has 2 aliphatic rings. The van der Waals surface area contributed by atoms with Crippen LogP contribution in [-0.2, 0) is 81.0 Å². The number of hydrogen-bond acceptors (Lipinski definition) is 17. The van der Waals surface area contributed by atoms with E-state index in [-0.39, 0.29) is 0 Å². The van der Waals surface area contributed by atoms with Gasteiger partial charge < -0.3 is 53.1 Å². The normalized spacial score (nSPS) is 32.1. The number of hydrogen-bond donors (Lipinski definition) is 2. The van der Waals surface area contributed by atoms with Crippen LogP contribution in [0.4, 0.5) is 0 Å². The number of nitrogens with one attached hydrogen (secondary N) is 1. The lowest BCUT2D eigenvalue weighted by Gasteiger charge is -2.52. The van der Waals surface area contributed by atoms with Gasteiger partial charge in [0.15, 0.2) is 30.5 Å². The van der Waals surface area contributed by atoms with Gasteiger partial charge in [0, 0.05) is 48.5 Å². The van der Waals surface area contributed by atoms with Crippen LogP contribution in [0, 0.1) is 0 Å². The van der Waals surface area contributed by atoms with Crippen LogP contribution in [0.3, 0.4) is 0 Å². The first-order valence-corrected chi connectivity index (χ1v) is 13.8. The zero-order valence-corrected chi connectivity index (χ0v) is 26.3. The molecule has 0 aromatic heterocycles. The average Bonchev–Trinajstić information content (AvgIpc) is 2.88. The first-order valence-electron chi connectivity index (χ1n) is 13.8. The Morgan fingerprint density at radius 1 is 0.674 bits per heavy atom. The summed E-state index contributed by atoms with van der Waals surface area (Å²) in [5.74, 6) is -10.6. The lowest BCUT2D eigenvalue weighted by molar-refractivity contribution is -0.382. The highest BCUT2D eigenvalue weighted by Gasteiger charge is 2.63. The van der Waals surface area contributed by atoms with E-state index < -0.39 is 115 Å². The van der Waals surface area contributed by atoms with E-state index in [0.29, 0.717) is 0 Å². The molecule has 0 spiro atoms. The highest BCUT2D eigenvalue weighted by molar-refractivity contribution is 5.76. The summed E-state index contributed by atoms with van der Waals surface area (Å²) < 4.78 is 49.4. The number of amides is 1. The van der Waals surface area contributed by atoms with Crippen molar-refractivity contribution in [3.05, 3.63) is 0 Å². The maximum atomic E-state index is 12.4. The minimum absolute atomic E-state index is 0.606. The van der Waals surface area contributed by atoms with Crippen LogP contribution in [0.1, 0.15) is 55.4 Å². The van der Waals surface area contributed by atoms with Gasteiger partial charge in [0.05, 0.1) is 0 Å². The first kappa shape index (κ1) is 37.8. The molecule has 19 nitrogen and oxygen atoms in total. The molecule has 1 unspecified atom stereocenters. The molecule has 19 heteroatoms. The van der Waals surface area contributed by atoms with E-state index in [4.69, 9.17) is 42.6 Å². The van der Waals surface area contributed by atoms with Crippen LogP contribution in [-0.4, -0.2) is 120 Å². The minimum atomic E-state index is -2.49. The van der Waals surface area contributed by atoms with Gasteiger partial charge in [-0.15, -0.1) is 0 Å². The molecule has 0 aliphatic carbocycles. The van der Waals surface area contributed by atoms with Gasteiger partial charge in [0.2, 0.25) is 18.0 Å². The molecule has 1 amide bonds. The topological polar surface area (TPSA) is 252 Å². The van der Waals surface area contributed by atoms with Crippen molar-refractivity contribution in [2.24, 2.45) is 0 Å². The molecule has 0 radical (unpaired) electrons. The second-order valence-corrected chi connectivity index (χ2v) is 10.4. The Hall–Kier alpha value is -4.36. The molecule has 2 heterocycles. The van der Waals surface area contributed by atoms with Gasteiger partial charge in [-0.1, -0.05) is 0 Å². The average molecular weight is 664 g/mol. The van der Waals surface area contributed by atoms with E-state index in [1.165, 1.54) is 0 Å². The summed E-state index contributed by atoms with van der Waals surface area (Å²) in [6.45, 7) is 7.49. The molecule has 258 valence electrons. The zero-order chi connectivity index (χ0) is 35.1. The third kappa shape index (κ3) is 10.1. The molecule has 10 atom stereocenters. The summed E-state index contributed by atoms with van der Waals surface area (Å²) in [5.41, 5.74) is 0. The molecule has 46 heavy (non-hydrogen) atoms. The van der Waals surface area contributed by atoms with Gasteiger partial charge in [0.25, 0.3) is 0 Å². The van der Waals surface area contributed by atoms with E-state index in [1.807, 2.05) is 0 Å². The summed E-state index contributed by atoms with van der Waals surface area (Å²) in [6.07, 6.45) is -14.3. The molecule has 0 bridgehead atoms. The van der Waals surface area contributed by atoms with Gasteiger partial charge >= 0.3 is 41.8 Å². The Balaban J connectivity index is 2.83. The molecule has 2 saturated heterocycles. The number of carbonyl (C=O) groups is 8. The van der Waals surface area contributed by atoms with Crippen molar-refractivity contribution in [2.45, 2.75) is 116 Å². The molecule has 0 saturated carbocycles. The quantitative estimate of drug-likeness (QED) is 0.191. The summed E-state index contributed by atoms with van der Waals surface area (Å²) >= 11 is 0. The number of carbonyl (C=O) groups excluding carboxylic acids is 7. The number of rotatable bonds is 11. The van der Waals surface area contributed by atoms with Crippen molar-refractivity contribution < 1.29 is 86.1 Å². The number of aliphatic carboxylic acids is 1.